The third kappa shape index (κ3) is 2.17. The number of aryl methyl sites for hydroxylation is 2. The first kappa shape index (κ1) is 14.3. The molecule has 2 aromatic rings. The van der Waals surface area contributed by atoms with Gasteiger partial charge in [0, 0.05) is 0 Å². The monoisotopic (exact) mass is 295 g/mol. The number of benzene rings is 2. The summed E-state index contributed by atoms with van der Waals surface area (Å²) in [6, 6.07) is 10.9. The minimum absolute atomic E-state index is 0.396. The normalized spacial score (nSPS) is 13.5. The van der Waals surface area contributed by atoms with Crippen LogP contribution in [0.15, 0.2) is 36.4 Å². The van der Waals surface area contributed by atoms with Crippen LogP contribution in [0.25, 0.3) is 0 Å². The summed E-state index contributed by atoms with van der Waals surface area (Å²) >= 11 is 0. The molecule has 0 atom stereocenters. The van der Waals surface area contributed by atoms with Gasteiger partial charge in [0.2, 0.25) is 0 Å². The molecule has 0 radical (unpaired) electrons. The maximum atomic E-state index is 12.5. The Balaban J connectivity index is 1.95. The fraction of sp³-hybridized carbons (Fsp3) is 0.222. The number of carbonyl (C=O) groups is 2. The van der Waals surface area contributed by atoms with Crippen LogP contribution in [-0.4, -0.2) is 16.9 Å². The average Bonchev–Trinajstić information content (AvgIpc) is 2.76. The van der Waals surface area contributed by atoms with Crippen molar-refractivity contribution in [1.82, 2.24) is 5.06 Å². The Hall–Kier alpha value is -2.62. The predicted octanol–water partition coefficient (Wildman–Crippen LogP) is 3.46. The number of imide groups is 1. The van der Waals surface area contributed by atoms with Crippen molar-refractivity contribution in [3.63, 3.8) is 0 Å². The van der Waals surface area contributed by atoms with E-state index in [1.807, 2.05) is 39.0 Å². The summed E-state index contributed by atoms with van der Waals surface area (Å²) in [6.07, 6.45) is 0.812. The maximum absolute atomic E-state index is 12.5. The molecule has 0 spiro atoms. The Morgan fingerprint density at radius 1 is 1.00 bits per heavy atom. The molecule has 1 aliphatic heterocycles. The first-order valence-electron chi connectivity index (χ1n) is 7.28. The average molecular weight is 295 g/mol. The van der Waals surface area contributed by atoms with Crippen molar-refractivity contribution in [2.24, 2.45) is 0 Å². The van der Waals surface area contributed by atoms with E-state index in [0.29, 0.717) is 16.9 Å². The second-order valence-corrected chi connectivity index (χ2v) is 5.43. The Morgan fingerprint density at radius 2 is 1.73 bits per heavy atom. The molecule has 3 rings (SSSR count). The molecule has 0 bridgehead atoms. The van der Waals surface area contributed by atoms with Crippen molar-refractivity contribution in [1.29, 1.82) is 0 Å². The SMILES string of the molecule is CCc1ccc2c(c1)C(=O)N(Oc1cccc(C)c1C)C2=O. The number of fused-ring (bicyclic) bond motifs is 1. The fourth-order valence-corrected chi connectivity index (χ4v) is 2.49. The highest BCUT2D eigenvalue weighted by atomic mass is 16.7. The van der Waals surface area contributed by atoms with Gasteiger partial charge in [0.05, 0.1) is 11.1 Å². The molecule has 0 saturated heterocycles. The first-order chi connectivity index (χ1) is 10.5. The molecule has 0 fully saturated rings. The molecular formula is C18H17NO3. The van der Waals surface area contributed by atoms with Gasteiger partial charge < -0.3 is 4.84 Å². The molecule has 2 aromatic carbocycles. The van der Waals surface area contributed by atoms with E-state index < -0.39 is 11.8 Å². The number of nitrogens with zero attached hydrogens (tertiary/aromatic N) is 1. The highest BCUT2D eigenvalue weighted by Crippen LogP contribution is 2.28. The summed E-state index contributed by atoms with van der Waals surface area (Å²) in [5.41, 5.74) is 3.78. The van der Waals surface area contributed by atoms with Crippen molar-refractivity contribution in [3.8, 4) is 5.75 Å². The summed E-state index contributed by atoms with van der Waals surface area (Å²) in [7, 11) is 0. The van der Waals surface area contributed by atoms with Gasteiger partial charge in [-0.05, 0) is 55.2 Å². The van der Waals surface area contributed by atoms with E-state index in [0.717, 1.165) is 28.2 Å². The summed E-state index contributed by atoms with van der Waals surface area (Å²) in [4.78, 5) is 30.4. The lowest BCUT2D eigenvalue weighted by Crippen LogP contribution is -2.33. The van der Waals surface area contributed by atoms with Crippen LogP contribution < -0.4 is 4.84 Å². The molecule has 22 heavy (non-hydrogen) atoms. The molecule has 0 saturated carbocycles. The molecule has 0 aliphatic carbocycles. The maximum Gasteiger partial charge on any atom is 0.295 e. The number of hydroxylamine groups is 2. The van der Waals surface area contributed by atoms with Gasteiger partial charge in [0.1, 0.15) is 0 Å². The Bertz CT molecular complexity index is 780. The number of amides is 2. The first-order valence-corrected chi connectivity index (χ1v) is 7.28. The summed E-state index contributed by atoms with van der Waals surface area (Å²) in [6.45, 7) is 5.86. The third-order valence-electron chi connectivity index (χ3n) is 4.07. The number of hydrogen-bond acceptors (Lipinski definition) is 3. The van der Waals surface area contributed by atoms with Crippen molar-refractivity contribution in [2.75, 3.05) is 0 Å². The van der Waals surface area contributed by atoms with Gasteiger partial charge in [-0.15, -0.1) is 0 Å². The highest BCUT2D eigenvalue weighted by molar-refractivity contribution is 6.20. The molecule has 112 valence electrons. The number of rotatable bonds is 3. The van der Waals surface area contributed by atoms with Gasteiger partial charge in [-0.1, -0.05) is 30.2 Å². The smallest absolute Gasteiger partial charge is 0.295 e. The molecule has 0 N–H and O–H groups in total. The van der Waals surface area contributed by atoms with E-state index >= 15 is 0 Å². The van der Waals surface area contributed by atoms with E-state index in [1.54, 1.807) is 18.2 Å². The van der Waals surface area contributed by atoms with Crippen molar-refractivity contribution >= 4 is 11.8 Å². The van der Waals surface area contributed by atoms with Crippen LogP contribution in [0.5, 0.6) is 5.75 Å². The van der Waals surface area contributed by atoms with Crippen LogP contribution in [0.1, 0.15) is 44.3 Å². The van der Waals surface area contributed by atoms with Gasteiger partial charge >= 0.3 is 0 Å². The minimum atomic E-state index is -0.413. The molecule has 4 heteroatoms. The molecule has 0 unspecified atom stereocenters. The van der Waals surface area contributed by atoms with Crippen molar-refractivity contribution < 1.29 is 14.4 Å². The van der Waals surface area contributed by atoms with Gasteiger partial charge in [0.15, 0.2) is 5.75 Å². The van der Waals surface area contributed by atoms with Crippen LogP contribution in [0.3, 0.4) is 0 Å². The predicted molar refractivity (Wildman–Crippen MR) is 82.9 cm³/mol. The molecule has 1 heterocycles. The second-order valence-electron chi connectivity index (χ2n) is 5.43. The summed E-state index contributed by atoms with van der Waals surface area (Å²) < 4.78 is 0. The van der Waals surface area contributed by atoms with Gasteiger partial charge in [-0.25, -0.2) is 0 Å². The number of hydrogen-bond donors (Lipinski definition) is 0. The van der Waals surface area contributed by atoms with Gasteiger partial charge in [-0.3, -0.25) is 9.59 Å². The topological polar surface area (TPSA) is 46.6 Å². The van der Waals surface area contributed by atoms with E-state index in [-0.39, 0.29) is 0 Å². The lowest BCUT2D eigenvalue weighted by Gasteiger charge is -2.16. The zero-order valence-corrected chi connectivity index (χ0v) is 12.8. The fourth-order valence-electron chi connectivity index (χ4n) is 2.49. The van der Waals surface area contributed by atoms with Crippen LogP contribution in [-0.2, 0) is 6.42 Å². The largest absolute Gasteiger partial charge is 0.368 e. The molecule has 0 aromatic heterocycles. The standard InChI is InChI=1S/C18H17NO3/c1-4-13-8-9-14-15(10-13)18(21)19(17(14)20)22-16-7-5-6-11(2)12(16)3/h5-10H,4H2,1-3H3. The summed E-state index contributed by atoms with van der Waals surface area (Å²) in [5.74, 6) is -0.301. The van der Waals surface area contributed by atoms with Crippen molar-refractivity contribution in [2.45, 2.75) is 27.2 Å². The molecular weight excluding hydrogens is 278 g/mol. The van der Waals surface area contributed by atoms with E-state index in [1.165, 1.54) is 0 Å². The van der Waals surface area contributed by atoms with Crippen LogP contribution >= 0.6 is 0 Å². The number of carbonyl (C=O) groups excluding carboxylic acids is 2. The van der Waals surface area contributed by atoms with Crippen molar-refractivity contribution in [3.05, 3.63) is 64.2 Å². The Morgan fingerprint density at radius 3 is 2.45 bits per heavy atom. The lowest BCUT2D eigenvalue weighted by atomic mass is 10.0. The zero-order valence-electron chi connectivity index (χ0n) is 12.8. The molecule has 2 amide bonds. The van der Waals surface area contributed by atoms with Crippen LogP contribution in [0.2, 0.25) is 0 Å². The molecule has 4 nitrogen and oxygen atoms in total. The Kier molecular flexibility index (Phi) is 3.45. The van der Waals surface area contributed by atoms with E-state index in [4.69, 9.17) is 4.84 Å². The molecule has 1 aliphatic rings. The van der Waals surface area contributed by atoms with Gasteiger partial charge in [0.25, 0.3) is 11.8 Å². The van der Waals surface area contributed by atoms with E-state index in [9.17, 15) is 9.59 Å². The van der Waals surface area contributed by atoms with Crippen LogP contribution in [0, 0.1) is 13.8 Å². The lowest BCUT2D eigenvalue weighted by molar-refractivity contribution is -0.0144. The van der Waals surface area contributed by atoms with E-state index in [2.05, 4.69) is 0 Å². The van der Waals surface area contributed by atoms with Gasteiger partial charge in [-0.2, -0.15) is 0 Å². The third-order valence-corrected chi connectivity index (χ3v) is 4.07. The zero-order chi connectivity index (χ0) is 15.9. The minimum Gasteiger partial charge on any atom is -0.368 e. The Labute approximate surface area is 129 Å². The van der Waals surface area contributed by atoms with Crippen LogP contribution in [0.4, 0.5) is 0 Å². The quantitative estimate of drug-likeness (QED) is 0.815. The second kappa shape index (κ2) is 5.30. The summed E-state index contributed by atoms with van der Waals surface area (Å²) in [5, 5.41) is 0.853. The highest BCUT2D eigenvalue weighted by Gasteiger charge is 2.38.